The third kappa shape index (κ3) is 1.86. The van der Waals surface area contributed by atoms with Gasteiger partial charge in [0, 0.05) is 6.07 Å². The summed E-state index contributed by atoms with van der Waals surface area (Å²) in [6.45, 7) is 1.53. The number of fused-ring (bicyclic) bond motifs is 1. The minimum atomic E-state index is -0.780. The first-order valence-electron chi connectivity index (χ1n) is 6.15. The van der Waals surface area contributed by atoms with E-state index in [4.69, 9.17) is 0 Å². The van der Waals surface area contributed by atoms with Gasteiger partial charge in [-0.3, -0.25) is 4.79 Å². The van der Waals surface area contributed by atoms with Crippen molar-refractivity contribution in [2.75, 3.05) is 0 Å². The van der Waals surface area contributed by atoms with Crippen molar-refractivity contribution in [1.82, 2.24) is 0 Å². The number of hydrogen-bond donors (Lipinski definition) is 0. The lowest BCUT2D eigenvalue weighted by molar-refractivity contribution is 0.0945. The molecule has 2 aromatic carbocycles. The molecule has 0 fully saturated rings. The third-order valence-corrected chi connectivity index (χ3v) is 3.68. The summed E-state index contributed by atoms with van der Waals surface area (Å²) in [4.78, 5) is 12.3. The van der Waals surface area contributed by atoms with Gasteiger partial charge in [-0.1, -0.05) is 24.3 Å². The van der Waals surface area contributed by atoms with Crippen LogP contribution in [0.15, 0.2) is 36.4 Å². The van der Waals surface area contributed by atoms with Crippen LogP contribution in [0.1, 0.15) is 33.0 Å². The van der Waals surface area contributed by atoms with E-state index in [9.17, 15) is 13.6 Å². The Bertz CT molecular complexity index is 676. The van der Waals surface area contributed by atoms with Crippen LogP contribution in [0.3, 0.4) is 0 Å². The molecule has 0 spiro atoms. The molecule has 19 heavy (non-hydrogen) atoms. The van der Waals surface area contributed by atoms with Crippen molar-refractivity contribution >= 4 is 5.78 Å². The van der Waals surface area contributed by atoms with Gasteiger partial charge in [0.05, 0.1) is 11.5 Å². The number of rotatable bonds is 2. The first-order valence-corrected chi connectivity index (χ1v) is 6.15. The highest BCUT2D eigenvalue weighted by Gasteiger charge is 2.33. The average molecular weight is 258 g/mol. The largest absolute Gasteiger partial charge is 0.293 e. The van der Waals surface area contributed by atoms with E-state index in [1.807, 2.05) is 24.3 Å². The molecule has 0 radical (unpaired) electrons. The summed E-state index contributed by atoms with van der Waals surface area (Å²) in [7, 11) is 0. The first kappa shape index (κ1) is 12.0. The molecular formula is C16H12F2O. The van der Waals surface area contributed by atoms with Gasteiger partial charge in [-0.2, -0.15) is 0 Å². The van der Waals surface area contributed by atoms with Crippen LogP contribution < -0.4 is 0 Å². The second-order valence-corrected chi connectivity index (χ2v) is 4.90. The van der Waals surface area contributed by atoms with E-state index in [0.717, 1.165) is 17.2 Å². The van der Waals surface area contributed by atoms with Gasteiger partial charge in [-0.25, -0.2) is 8.78 Å². The lowest BCUT2D eigenvalue weighted by Gasteiger charge is -2.29. The second-order valence-electron chi connectivity index (χ2n) is 4.90. The molecule has 1 aliphatic carbocycles. The maximum Gasteiger partial charge on any atom is 0.173 e. The summed E-state index contributed by atoms with van der Waals surface area (Å²) in [5.74, 6) is -1.96. The van der Waals surface area contributed by atoms with E-state index in [1.54, 1.807) is 0 Å². The minimum absolute atomic E-state index is 0.0154. The molecule has 1 atom stereocenters. The van der Waals surface area contributed by atoms with Crippen molar-refractivity contribution in [2.24, 2.45) is 0 Å². The Morgan fingerprint density at radius 1 is 1.16 bits per heavy atom. The molecule has 0 N–H and O–H groups in total. The zero-order valence-electron chi connectivity index (χ0n) is 10.4. The van der Waals surface area contributed by atoms with Crippen LogP contribution in [0.2, 0.25) is 0 Å². The van der Waals surface area contributed by atoms with Crippen molar-refractivity contribution in [1.29, 1.82) is 0 Å². The Hall–Kier alpha value is -2.03. The quantitative estimate of drug-likeness (QED) is 0.749. The standard InChI is InChI=1S/C16H12F2O/c1-9-6-13(15(18)8-14(9)17)16(19)12-7-10-4-2-3-5-11(10)12/h2-6,8,12H,7H2,1H3. The van der Waals surface area contributed by atoms with Gasteiger partial charge < -0.3 is 0 Å². The third-order valence-electron chi connectivity index (χ3n) is 3.68. The van der Waals surface area contributed by atoms with Crippen LogP contribution in [-0.2, 0) is 6.42 Å². The number of ketones is 1. The predicted molar refractivity (Wildman–Crippen MR) is 68.3 cm³/mol. The normalized spacial score (nSPS) is 16.7. The van der Waals surface area contributed by atoms with Crippen molar-refractivity contribution < 1.29 is 13.6 Å². The number of halogens is 2. The topological polar surface area (TPSA) is 17.1 Å². The number of Topliss-reactive ketones (excluding diaryl/α,β-unsaturated/α-hetero) is 1. The molecule has 1 aliphatic rings. The van der Waals surface area contributed by atoms with Crippen molar-refractivity contribution in [2.45, 2.75) is 19.3 Å². The first-order chi connectivity index (χ1) is 9.08. The Morgan fingerprint density at radius 2 is 1.89 bits per heavy atom. The molecule has 0 aromatic heterocycles. The van der Waals surface area contributed by atoms with Crippen LogP contribution in [0, 0.1) is 18.6 Å². The molecule has 1 unspecified atom stereocenters. The Kier molecular flexibility index (Phi) is 2.70. The molecular weight excluding hydrogens is 246 g/mol. The Labute approximate surface area is 109 Å². The molecule has 0 saturated carbocycles. The fourth-order valence-corrected chi connectivity index (χ4v) is 2.53. The lowest BCUT2D eigenvalue weighted by atomic mass is 9.73. The molecule has 3 rings (SSSR count). The number of carbonyl (C=O) groups is 1. The van der Waals surface area contributed by atoms with Crippen molar-refractivity contribution in [3.05, 3.63) is 70.3 Å². The summed E-state index contributed by atoms with van der Waals surface area (Å²) in [6, 6.07) is 9.72. The van der Waals surface area contributed by atoms with Crippen LogP contribution in [0.25, 0.3) is 0 Å². The Morgan fingerprint density at radius 3 is 2.63 bits per heavy atom. The average Bonchev–Trinajstić information content (AvgIpc) is 2.35. The smallest absolute Gasteiger partial charge is 0.173 e. The summed E-state index contributed by atoms with van der Waals surface area (Å²) in [5.41, 5.74) is 2.35. The molecule has 0 bridgehead atoms. The highest BCUT2D eigenvalue weighted by Crippen LogP contribution is 2.37. The molecule has 0 heterocycles. The summed E-state index contributed by atoms with van der Waals surface area (Å²) >= 11 is 0. The van der Waals surface area contributed by atoms with Gasteiger partial charge in [0.25, 0.3) is 0 Å². The SMILES string of the molecule is Cc1cc(C(=O)C2Cc3ccccc32)c(F)cc1F. The van der Waals surface area contributed by atoms with Gasteiger partial charge in [0.2, 0.25) is 0 Å². The molecule has 0 saturated heterocycles. The molecule has 1 nitrogen and oxygen atoms in total. The summed E-state index contributed by atoms with van der Waals surface area (Å²) < 4.78 is 26.9. The minimum Gasteiger partial charge on any atom is -0.293 e. The predicted octanol–water partition coefficient (Wildman–Crippen LogP) is 3.80. The van der Waals surface area contributed by atoms with E-state index in [1.165, 1.54) is 13.0 Å². The zero-order chi connectivity index (χ0) is 13.6. The Balaban J connectivity index is 1.97. The second kappa shape index (κ2) is 4.26. The monoisotopic (exact) mass is 258 g/mol. The van der Waals surface area contributed by atoms with E-state index < -0.39 is 11.6 Å². The number of hydrogen-bond acceptors (Lipinski definition) is 1. The van der Waals surface area contributed by atoms with Crippen LogP contribution in [-0.4, -0.2) is 5.78 Å². The molecule has 0 amide bonds. The number of carbonyl (C=O) groups excluding carboxylic acids is 1. The van der Waals surface area contributed by atoms with Gasteiger partial charge >= 0.3 is 0 Å². The zero-order valence-corrected chi connectivity index (χ0v) is 10.4. The van der Waals surface area contributed by atoms with E-state index in [2.05, 4.69) is 0 Å². The summed E-state index contributed by atoms with van der Waals surface area (Å²) in [6.07, 6.45) is 0.630. The maximum absolute atomic E-state index is 13.7. The van der Waals surface area contributed by atoms with Crippen molar-refractivity contribution in [3.8, 4) is 0 Å². The number of aryl methyl sites for hydroxylation is 1. The highest BCUT2D eigenvalue weighted by molar-refractivity contribution is 6.03. The van der Waals surface area contributed by atoms with E-state index >= 15 is 0 Å². The number of benzene rings is 2. The maximum atomic E-state index is 13.7. The summed E-state index contributed by atoms with van der Waals surface area (Å²) in [5, 5.41) is 0. The van der Waals surface area contributed by atoms with E-state index in [-0.39, 0.29) is 22.8 Å². The van der Waals surface area contributed by atoms with Gasteiger partial charge in [0.15, 0.2) is 5.78 Å². The van der Waals surface area contributed by atoms with Crippen LogP contribution in [0.5, 0.6) is 0 Å². The van der Waals surface area contributed by atoms with Gasteiger partial charge in [-0.15, -0.1) is 0 Å². The van der Waals surface area contributed by atoms with Crippen LogP contribution in [0.4, 0.5) is 8.78 Å². The molecule has 96 valence electrons. The molecule has 3 heteroatoms. The molecule has 0 aliphatic heterocycles. The van der Waals surface area contributed by atoms with Gasteiger partial charge in [0.1, 0.15) is 11.6 Å². The molecule has 2 aromatic rings. The fraction of sp³-hybridized carbons (Fsp3) is 0.188. The van der Waals surface area contributed by atoms with E-state index in [0.29, 0.717) is 6.42 Å². The fourth-order valence-electron chi connectivity index (χ4n) is 2.53. The van der Waals surface area contributed by atoms with Crippen LogP contribution >= 0.6 is 0 Å². The highest BCUT2D eigenvalue weighted by atomic mass is 19.1. The lowest BCUT2D eigenvalue weighted by Crippen LogP contribution is -2.26. The van der Waals surface area contributed by atoms with Crippen molar-refractivity contribution in [3.63, 3.8) is 0 Å². The van der Waals surface area contributed by atoms with Gasteiger partial charge in [-0.05, 0) is 36.1 Å².